The molecule has 0 unspecified atom stereocenters. The first-order valence-electron chi connectivity index (χ1n) is 8.91. The number of carbonyl (C=O) groups is 1. The van der Waals surface area contributed by atoms with Crippen molar-refractivity contribution in [3.05, 3.63) is 18.2 Å². The summed E-state index contributed by atoms with van der Waals surface area (Å²) in [6.45, 7) is 6.88. The highest BCUT2D eigenvalue weighted by Crippen LogP contribution is 2.17. The van der Waals surface area contributed by atoms with Crippen LogP contribution in [-0.4, -0.2) is 83.9 Å². The molecule has 1 aromatic rings. The fourth-order valence-electron chi connectivity index (χ4n) is 3.41. The van der Waals surface area contributed by atoms with Crippen LogP contribution >= 0.6 is 0 Å². The Hall–Kier alpha value is -1.44. The van der Waals surface area contributed by atoms with E-state index in [4.69, 9.17) is 9.47 Å². The predicted octanol–water partition coefficient (Wildman–Crippen LogP) is 0.764. The topological polar surface area (TPSA) is 59.8 Å². The van der Waals surface area contributed by atoms with Gasteiger partial charge in [0.1, 0.15) is 5.69 Å². The van der Waals surface area contributed by atoms with Gasteiger partial charge in [0.25, 0.3) is 5.91 Å². The van der Waals surface area contributed by atoms with E-state index in [0.29, 0.717) is 5.69 Å². The van der Waals surface area contributed by atoms with E-state index in [-0.39, 0.29) is 11.9 Å². The summed E-state index contributed by atoms with van der Waals surface area (Å²) >= 11 is 0. The first-order chi connectivity index (χ1) is 11.7. The highest BCUT2D eigenvalue weighted by Gasteiger charge is 2.27. The fourth-order valence-corrected chi connectivity index (χ4v) is 3.41. The van der Waals surface area contributed by atoms with Gasteiger partial charge in [-0.15, -0.1) is 0 Å². The van der Waals surface area contributed by atoms with Gasteiger partial charge in [-0.05, 0) is 19.3 Å². The van der Waals surface area contributed by atoms with Crippen LogP contribution in [0.4, 0.5) is 0 Å². The van der Waals surface area contributed by atoms with Crippen molar-refractivity contribution in [1.82, 2.24) is 19.4 Å². The van der Waals surface area contributed by atoms with Crippen LogP contribution in [0.5, 0.6) is 0 Å². The molecule has 2 aliphatic heterocycles. The molecular formula is C17H28N4O3. The van der Waals surface area contributed by atoms with Gasteiger partial charge in [-0.2, -0.15) is 0 Å². The summed E-state index contributed by atoms with van der Waals surface area (Å²) < 4.78 is 12.7. The summed E-state index contributed by atoms with van der Waals surface area (Å²) in [6.07, 6.45) is 6.29. The minimum absolute atomic E-state index is 0.0458. The summed E-state index contributed by atoms with van der Waals surface area (Å²) in [5.41, 5.74) is 0.537. The van der Waals surface area contributed by atoms with Crippen molar-refractivity contribution in [3.63, 3.8) is 0 Å². The summed E-state index contributed by atoms with van der Waals surface area (Å²) in [6, 6.07) is 0.262. The standard InChI is InChI=1S/C17H28N4O3/c1-19-13-16(18-14-19)17(22)21(15-3-9-23-10-4-15)6-2-5-20-7-11-24-12-8-20/h13-15H,2-12H2,1H3. The molecule has 0 saturated carbocycles. The second-order valence-electron chi connectivity index (χ2n) is 6.57. The van der Waals surface area contributed by atoms with Crippen LogP contribution in [0.2, 0.25) is 0 Å². The zero-order valence-electron chi connectivity index (χ0n) is 14.5. The van der Waals surface area contributed by atoms with Crippen molar-refractivity contribution in [3.8, 4) is 0 Å². The molecule has 0 N–H and O–H groups in total. The third-order valence-corrected chi connectivity index (χ3v) is 4.79. The number of ether oxygens (including phenoxy) is 2. The van der Waals surface area contributed by atoms with E-state index < -0.39 is 0 Å². The molecule has 0 spiro atoms. The van der Waals surface area contributed by atoms with Crippen LogP contribution < -0.4 is 0 Å². The van der Waals surface area contributed by atoms with Gasteiger partial charge in [-0.1, -0.05) is 0 Å². The molecule has 3 rings (SSSR count). The van der Waals surface area contributed by atoms with Crippen LogP contribution in [0.25, 0.3) is 0 Å². The van der Waals surface area contributed by atoms with E-state index >= 15 is 0 Å². The lowest BCUT2D eigenvalue weighted by atomic mass is 10.1. The molecule has 24 heavy (non-hydrogen) atoms. The maximum atomic E-state index is 12.9. The SMILES string of the molecule is Cn1cnc(C(=O)N(CCCN2CCOCC2)C2CCOCC2)c1. The number of imidazole rings is 1. The predicted molar refractivity (Wildman–Crippen MR) is 90.0 cm³/mol. The van der Waals surface area contributed by atoms with Crippen molar-refractivity contribution in [1.29, 1.82) is 0 Å². The molecule has 0 aromatic carbocycles. The molecule has 0 bridgehead atoms. The number of hydrogen-bond donors (Lipinski definition) is 0. The Bertz CT molecular complexity index is 522. The van der Waals surface area contributed by atoms with Gasteiger partial charge in [0.05, 0.1) is 19.5 Å². The number of morpholine rings is 1. The molecule has 0 aliphatic carbocycles. The molecule has 7 heteroatoms. The molecule has 0 radical (unpaired) electrons. The fraction of sp³-hybridized carbons (Fsp3) is 0.765. The highest BCUT2D eigenvalue weighted by atomic mass is 16.5. The largest absolute Gasteiger partial charge is 0.381 e. The van der Waals surface area contributed by atoms with Gasteiger partial charge in [0.15, 0.2) is 0 Å². The lowest BCUT2D eigenvalue weighted by Gasteiger charge is -2.35. The molecule has 2 saturated heterocycles. The van der Waals surface area contributed by atoms with Crippen LogP contribution in [0.3, 0.4) is 0 Å². The van der Waals surface area contributed by atoms with E-state index in [1.165, 1.54) is 0 Å². The van der Waals surface area contributed by atoms with E-state index in [1.54, 1.807) is 12.5 Å². The molecular weight excluding hydrogens is 308 g/mol. The van der Waals surface area contributed by atoms with Crippen molar-refractivity contribution >= 4 is 5.91 Å². The Kier molecular flexibility index (Phi) is 6.23. The Labute approximate surface area is 143 Å². The number of aromatic nitrogens is 2. The summed E-state index contributed by atoms with van der Waals surface area (Å²) in [7, 11) is 1.89. The van der Waals surface area contributed by atoms with Gasteiger partial charge in [0.2, 0.25) is 0 Å². The van der Waals surface area contributed by atoms with Crippen LogP contribution in [0.1, 0.15) is 29.8 Å². The summed E-state index contributed by atoms with van der Waals surface area (Å²) in [5, 5.41) is 0. The molecule has 3 heterocycles. The second-order valence-corrected chi connectivity index (χ2v) is 6.57. The zero-order valence-corrected chi connectivity index (χ0v) is 14.5. The maximum absolute atomic E-state index is 12.9. The number of hydrogen-bond acceptors (Lipinski definition) is 5. The van der Waals surface area contributed by atoms with Crippen LogP contribution in [0.15, 0.2) is 12.5 Å². The van der Waals surface area contributed by atoms with E-state index in [9.17, 15) is 4.79 Å². The van der Waals surface area contributed by atoms with E-state index in [0.717, 1.165) is 71.9 Å². The van der Waals surface area contributed by atoms with E-state index in [2.05, 4.69) is 9.88 Å². The highest BCUT2D eigenvalue weighted by molar-refractivity contribution is 5.92. The Balaban J connectivity index is 1.59. The van der Waals surface area contributed by atoms with Crippen LogP contribution in [-0.2, 0) is 16.5 Å². The molecule has 2 fully saturated rings. The number of amides is 1. The monoisotopic (exact) mass is 336 g/mol. The van der Waals surface area contributed by atoms with Gasteiger partial charge < -0.3 is 18.9 Å². The lowest BCUT2D eigenvalue weighted by Crippen LogP contribution is -2.45. The third kappa shape index (κ3) is 4.55. The Morgan fingerprint density at radius 3 is 2.62 bits per heavy atom. The zero-order chi connectivity index (χ0) is 16.8. The van der Waals surface area contributed by atoms with Crippen molar-refractivity contribution in [2.75, 3.05) is 52.6 Å². The van der Waals surface area contributed by atoms with Crippen molar-refractivity contribution in [2.45, 2.75) is 25.3 Å². The maximum Gasteiger partial charge on any atom is 0.274 e. The second kappa shape index (κ2) is 8.60. The molecule has 134 valence electrons. The third-order valence-electron chi connectivity index (χ3n) is 4.79. The normalized spacial score (nSPS) is 20.2. The van der Waals surface area contributed by atoms with Gasteiger partial charge in [0, 0.05) is 58.7 Å². The van der Waals surface area contributed by atoms with Crippen molar-refractivity contribution < 1.29 is 14.3 Å². The molecule has 1 aromatic heterocycles. The summed E-state index contributed by atoms with van der Waals surface area (Å²) in [5.74, 6) is 0.0458. The van der Waals surface area contributed by atoms with Gasteiger partial charge >= 0.3 is 0 Å². The lowest BCUT2D eigenvalue weighted by molar-refractivity contribution is 0.0220. The molecule has 0 atom stereocenters. The number of aryl methyl sites for hydroxylation is 1. The Morgan fingerprint density at radius 2 is 1.96 bits per heavy atom. The number of rotatable bonds is 6. The average Bonchev–Trinajstić information content (AvgIpc) is 3.06. The van der Waals surface area contributed by atoms with Gasteiger partial charge in [-0.3, -0.25) is 9.69 Å². The van der Waals surface area contributed by atoms with Crippen LogP contribution in [0, 0.1) is 0 Å². The van der Waals surface area contributed by atoms with E-state index in [1.807, 2.05) is 16.5 Å². The Morgan fingerprint density at radius 1 is 1.25 bits per heavy atom. The minimum Gasteiger partial charge on any atom is -0.381 e. The van der Waals surface area contributed by atoms with Gasteiger partial charge in [-0.25, -0.2) is 4.98 Å². The van der Waals surface area contributed by atoms with Crippen molar-refractivity contribution in [2.24, 2.45) is 7.05 Å². The summed E-state index contributed by atoms with van der Waals surface area (Å²) in [4.78, 5) is 21.6. The molecule has 2 aliphatic rings. The number of nitrogens with zero attached hydrogens (tertiary/aromatic N) is 4. The molecule has 1 amide bonds. The molecule has 7 nitrogen and oxygen atoms in total. The number of carbonyl (C=O) groups excluding carboxylic acids is 1. The smallest absolute Gasteiger partial charge is 0.274 e. The first-order valence-corrected chi connectivity index (χ1v) is 8.91. The quantitative estimate of drug-likeness (QED) is 0.768. The first kappa shape index (κ1) is 17.4. The minimum atomic E-state index is 0.0458. The average molecular weight is 336 g/mol.